The number of anilines is 1. The molecule has 1 fully saturated rings. The molecule has 1 saturated heterocycles. The van der Waals surface area contributed by atoms with Crippen molar-refractivity contribution < 1.29 is 4.74 Å². The van der Waals surface area contributed by atoms with Crippen LogP contribution in [-0.2, 0) is 4.74 Å². The van der Waals surface area contributed by atoms with Crippen LogP contribution in [0.25, 0.3) is 38.9 Å². The molecule has 1 aliphatic rings. The highest BCUT2D eigenvalue weighted by Crippen LogP contribution is 2.36. The van der Waals surface area contributed by atoms with Gasteiger partial charge in [0.15, 0.2) is 5.28 Å². The fraction of sp³-hybridized carbons (Fsp3) is 0.208. The molecule has 4 heterocycles. The number of aromatic nitrogens is 5. The third kappa shape index (κ3) is 3.13. The lowest BCUT2D eigenvalue weighted by molar-refractivity contribution is 0.122. The number of para-hydroxylation sites is 1. The number of H-pyrrole nitrogens is 1. The van der Waals surface area contributed by atoms with Crippen LogP contribution in [0.4, 0.5) is 5.69 Å². The third-order valence-corrected chi connectivity index (χ3v) is 6.18. The molecule has 0 spiro atoms. The number of fused-ring (bicyclic) bond motifs is 2. The number of pyridine rings is 1. The fourth-order valence-electron chi connectivity index (χ4n) is 4.50. The topological polar surface area (TPSA) is 71.9 Å². The molecule has 5 aromatic rings. The third-order valence-electron chi connectivity index (χ3n) is 5.99. The molecule has 1 aliphatic heterocycles. The minimum atomic E-state index is 0.362. The quantitative estimate of drug-likeness (QED) is 0.434. The second-order valence-electron chi connectivity index (χ2n) is 7.89. The summed E-state index contributed by atoms with van der Waals surface area (Å²) in [5, 5.41) is 1.45. The van der Waals surface area contributed by atoms with E-state index in [2.05, 4.69) is 42.6 Å². The minimum Gasteiger partial charge on any atom is -0.378 e. The van der Waals surface area contributed by atoms with E-state index in [4.69, 9.17) is 21.3 Å². The normalized spacial score (nSPS) is 14.5. The Morgan fingerprint density at radius 1 is 1.06 bits per heavy atom. The zero-order valence-corrected chi connectivity index (χ0v) is 18.3. The largest absolute Gasteiger partial charge is 0.378 e. The summed E-state index contributed by atoms with van der Waals surface area (Å²) >= 11 is 6.12. The second kappa shape index (κ2) is 7.62. The number of nitrogens with zero attached hydrogens (tertiary/aromatic N) is 5. The van der Waals surface area contributed by atoms with Gasteiger partial charge in [0.1, 0.15) is 5.82 Å². The van der Waals surface area contributed by atoms with Gasteiger partial charge in [-0.3, -0.25) is 9.55 Å². The maximum Gasteiger partial charge on any atom is 0.200 e. The Kier molecular flexibility index (Phi) is 4.59. The second-order valence-corrected chi connectivity index (χ2v) is 8.25. The van der Waals surface area contributed by atoms with Gasteiger partial charge < -0.3 is 14.6 Å². The van der Waals surface area contributed by atoms with Crippen LogP contribution in [0.15, 0.2) is 54.9 Å². The highest BCUT2D eigenvalue weighted by molar-refractivity contribution is 6.28. The number of hydrogen-bond donors (Lipinski definition) is 1. The van der Waals surface area contributed by atoms with Crippen molar-refractivity contribution in [2.45, 2.75) is 6.92 Å². The predicted molar refractivity (Wildman–Crippen MR) is 127 cm³/mol. The Hall–Kier alpha value is -3.42. The first-order valence-electron chi connectivity index (χ1n) is 10.6. The van der Waals surface area contributed by atoms with Gasteiger partial charge >= 0.3 is 0 Å². The van der Waals surface area contributed by atoms with E-state index in [-0.39, 0.29) is 0 Å². The van der Waals surface area contributed by atoms with E-state index in [0.29, 0.717) is 5.28 Å². The molecule has 0 aliphatic carbocycles. The summed E-state index contributed by atoms with van der Waals surface area (Å²) in [6, 6.07) is 14.6. The van der Waals surface area contributed by atoms with Crippen LogP contribution < -0.4 is 4.90 Å². The number of morpholine rings is 1. The van der Waals surface area contributed by atoms with Gasteiger partial charge in [0.2, 0.25) is 0 Å². The highest BCUT2D eigenvalue weighted by atomic mass is 35.5. The van der Waals surface area contributed by atoms with E-state index in [1.165, 1.54) is 0 Å². The first-order chi connectivity index (χ1) is 15.7. The number of rotatable bonds is 3. The molecular weight excluding hydrogens is 424 g/mol. The molecule has 0 amide bonds. The number of nitrogens with one attached hydrogen (secondary N) is 1. The molecule has 7 nitrogen and oxygen atoms in total. The Labute approximate surface area is 189 Å². The lowest BCUT2D eigenvalue weighted by atomic mass is 10.1. The molecule has 0 atom stereocenters. The zero-order valence-electron chi connectivity index (χ0n) is 17.5. The molecule has 32 heavy (non-hydrogen) atoms. The zero-order chi connectivity index (χ0) is 21.7. The Balaban J connectivity index is 1.65. The molecule has 0 unspecified atom stereocenters. The number of aromatic amines is 1. The van der Waals surface area contributed by atoms with Crippen molar-refractivity contribution in [1.29, 1.82) is 0 Å². The molecule has 0 radical (unpaired) electrons. The van der Waals surface area contributed by atoms with Gasteiger partial charge in [0, 0.05) is 35.9 Å². The van der Waals surface area contributed by atoms with Gasteiger partial charge in [0.25, 0.3) is 0 Å². The monoisotopic (exact) mass is 444 g/mol. The summed E-state index contributed by atoms with van der Waals surface area (Å²) in [5.41, 5.74) is 6.90. The standard InChI is InChI=1S/C24H21ClN6O/c1-15-28-23-18(20-14-27-24(25)29-20)12-16(30-8-10-32-11-9-30)13-22(23)31(15)21-6-7-26-19-5-3-2-4-17(19)21/h2-7,12-14H,8-11H2,1H3,(H,27,29). The van der Waals surface area contributed by atoms with Crippen molar-refractivity contribution in [2.24, 2.45) is 0 Å². The summed E-state index contributed by atoms with van der Waals surface area (Å²) in [6.07, 6.45) is 3.61. The van der Waals surface area contributed by atoms with Gasteiger partial charge in [-0.1, -0.05) is 18.2 Å². The van der Waals surface area contributed by atoms with Gasteiger partial charge in [-0.05, 0) is 42.8 Å². The summed E-state index contributed by atoms with van der Waals surface area (Å²) in [7, 11) is 0. The molecular formula is C24H21ClN6O. The smallest absolute Gasteiger partial charge is 0.200 e. The maximum atomic E-state index is 6.12. The van der Waals surface area contributed by atoms with E-state index in [0.717, 1.165) is 76.7 Å². The van der Waals surface area contributed by atoms with E-state index in [1.807, 2.05) is 37.4 Å². The number of imidazole rings is 2. The first kappa shape index (κ1) is 19.3. The van der Waals surface area contributed by atoms with Crippen LogP contribution in [0.5, 0.6) is 0 Å². The minimum absolute atomic E-state index is 0.362. The van der Waals surface area contributed by atoms with Crippen LogP contribution in [0, 0.1) is 6.92 Å². The lowest BCUT2D eigenvalue weighted by Crippen LogP contribution is -2.36. The Bertz CT molecular complexity index is 1440. The fourth-order valence-corrected chi connectivity index (χ4v) is 4.65. The van der Waals surface area contributed by atoms with Crippen molar-refractivity contribution in [2.75, 3.05) is 31.2 Å². The van der Waals surface area contributed by atoms with Crippen LogP contribution in [0.1, 0.15) is 5.82 Å². The molecule has 2 aromatic carbocycles. The van der Waals surface area contributed by atoms with E-state index < -0.39 is 0 Å². The number of hydrogen-bond acceptors (Lipinski definition) is 5. The number of benzene rings is 2. The van der Waals surface area contributed by atoms with Crippen LogP contribution in [0.2, 0.25) is 5.28 Å². The van der Waals surface area contributed by atoms with Crippen LogP contribution in [-0.4, -0.2) is 50.8 Å². The lowest BCUT2D eigenvalue weighted by Gasteiger charge is -2.29. The average Bonchev–Trinajstić information content (AvgIpc) is 3.41. The highest BCUT2D eigenvalue weighted by Gasteiger charge is 2.21. The predicted octanol–water partition coefficient (Wildman–Crippen LogP) is 4.76. The molecule has 1 N–H and O–H groups in total. The van der Waals surface area contributed by atoms with Gasteiger partial charge in [-0.2, -0.15) is 0 Å². The van der Waals surface area contributed by atoms with Crippen LogP contribution in [0.3, 0.4) is 0 Å². The van der Waals surface area contributed by atoms with E-state index in [1.54, 1.807) is 6.20 Å². The summed E-state index contributed by atoms with van der Waals surface area (Å²) in [6.45, 7) is 5.17. The number of aryl methyl sites for hydroxylation is 1. The van der Waals surface area contributed by atoms with E-state index in [9.17, 15) is 0 Å². The Morgan fingerprint density at radius 2 is 1.91 bits per heavy atom. The average molecular weight is 445 g/mol. The van der Waals surface area contributed by atoms with Crippen molar-refractivity contribution in [1.82, 2.24) is 24.5 Å². The SMILES string of the molecule is Cc1nc2c(-c3cnc(Cl)[nH]3)cc(N3CCOCC3)cc2n1-c1ccnc2ccccc12. The number of halogens is 1. The molecule has 0 bridgehead atoms. The van der Waals surface area contributed by atoms with Gasteiger partial charge in [-0.25, -0.2) is 9.97 Å². The molecule has 160 valence electrons. The molecule has 8 heteroatoms. The van der Waals surface area contributed by atoms with Crippen LogP contribution >= 0.6 is 11.6 Å². The van der Waals surface area contributed by atoms with Crippen molar-refractivity contribution in [3.63, 3.8) is 0 Å². The van der Waals surface area contributed by atoms with Gasteiger partial charge in [0.05, 0.1) is 47.3 Å². The van der Waals surface area contributed by atoms with Gasteiger partial charge in [-0.15, -0.1) is 0 Å². The Morgan fingerprint density at radius 3 is 2.72 bits per heavy atom. The summed E-state index contributed by atoms with van der Waals surface area (Å²) < 4.78 is 7.79. The van der Waals surface area contributed by atoms with Crippen molar-refractivity contribution in [3.8, 4) is 16.9 Å². The van der Waals surface area contributed by atoms with Crippen molar-refractivity contribution in [3.05, 3.63) is 66.0 Å². The van der Waals surface area contributed by atoms with Crippen molar-refractivity contribution >= 4 is 39.2 Å². The summed E-state index contributed by atoms with van der Waals surface area (Å²) in [4.78, 5) is 19.2. The summed E-state index contributed by atoms with van der Waals surface area (Å²) in [5.74, 6) is 0.905. The molecule has 6 rings (SSSR count). The molecule has 0 saturated carbocycles. The number of ether oxygens (including phenoxy) is 1. The van der Waals surface area contributed by atoms with E-state index >= 15 is 0 Å². The first-order valence-corrected chi connectivity index (χ1v) is 11.0. The molecule has 3 aromatic heterocycles. The maximum absolute atomic E-state index is 6.12.